The van der Waals surface area contributed by atoms with E-state index in [1.807, 2.05) is 9.80 Å². The Kier molecular flexibility index (Phi) is 5.65. The molecular weight excluding hydrogens is 362 g/mol. The minimum absolute atomic E-state index is 0.0144. The minimum Gasteiger partial charge on any atom is -0.378 e. The molecule has 4 heterocycles. The van der Waals surface area contributed by atoms with E-state index in [0.717, 1.165) is 24.4 Å². The Hall–Kier alpha value is -1.97. The molecular formula is C19H29N5O4. The van der Waals surface area contributed by atoms with Crippen molar-refractivity contribution in [2.24, 2.45) is 0 Å². The summed E-state index contributed by atoms with van der Waals surface area (Å²) in [5, 5.41) is 3.34. The number of carbonyl (C=O) groups excluding carboxylic acids is 2. The van der Waals surface area contributed by atoms with Gasteiger partial charge >= 0.3 is 0 Å². The lowest BCUT2D eigenvalue weighted by Gasteiger charge is -2.50. The molecule has 0 saturated carbocycles. The second-order valence-electron chi connectivity index (χ2n) is 7.80. The van der Waals surface area contributed by atoms with E-state index < -0.39 is 5.54 Å². The standard InChI is InChI=1S/C19H29N5O4/c1-27-12-17(26)24-6-2-15-18(22-13-21-15)19(24)3-7-23(8-4-19)16(25)10-14-11-28-9-5-20-14/h13-14,20H,2-12H2,1H3,(H,21,22)/t14-/m1/s1. The van der Waals surface area contributed by atoms with Crippen molar-refractivity contribution in [3.8, 4) is 0 Å². The lowest BCUT2D eigenvalue weighted by Crippen LogP contribution is -2.59. The zero-order valence-corrected chi connectivity index (χ0v) is 16.4. The van der Waals surface area contributed by atoms with E-state index in [1.54, 1.807) is 13.4 Å². The highest BCUT2D eigenvalue weighted by molar-refractivity contribution is 5.79. The van der Waals surface area contributed by atoms with E-state index in [0.29, 0.717) is 52.1 Å². The van der Waals surface area contributed by atoms with E-state index in [-0.39, 0.29) is 24.5 Å². The Morgan fingerprint density at radius 2 is 2.14 bits per heavy atom. The van der Waals surface area contributed by atoms with Gasteiger partial charge < -0.3 is 29.6 Å². The third-order valence-corrected chi connectivity index (χ3v) is 6.19. The lowest BCUT2D eigenvalue weighted by molar-refractivity contribution is -0.148. The van der Waals surface area contributed by atoms with Gasteiger partial charge in [0, 0.05) is 57.9 Å². The minimum atomic E-state index is -0.452. The largest absolute Gasteiger partial charge is 0.378 e. The number of nitrogens with one attached hydrogen (secondary N) is 2. The number of morpholine rings is 1. The molecule has 0 unspecified atom stereocenters. The van der Waals surface area contributed by atoms with Gasteiger partial charge in [-0.05, 0) is 12.8 Å². The van der Waals surface area contributed by atoms with Crippen LogP contribution in [-0.4, -0.2) is 90.7 Å². The van der Waals surface area contributed by atoms with Crippen LogP contribution in [0.3, 0.4) is 0 Å². The number of aromatic amines is 1. The molecule has 9 nitrogen and oxygen atoms in total. The number of methoxy groups -OCH3 is 1. The molecule has 2 amide bonds. The molecule has 1 aromatic rings. The van der Waals surface area contributed by atoms with Crippen molar-refractivity contribution in [2.45, 2.75) is 37.3 Å². The summed E-state index contributed by atoms with van der Waals surface area (Å²) in [5.41, 5.74) is 1.61. The number of hydrogen-bond donors (Lipinski definition) is 2. The number of nitrogens with zero attached hydrogens (tertiary/aromatic N) is 3. The molecule has 2 saturated heterocycles. The average molecular weight is 391 g/mol. The lowest BCUT2D eigenvalue weighted by atomic mass is 9.78. The first-order valence-electron chi connectivity index (χ1n) is 10.0. The molecule has 0 aliphatic carbocycles. The number of aromatic nitrogens is 2. The fourth-order valence-electron chi connectivity index (χ4n) is 4.77. The molecule has 1 aromatic heterocycles. The number of carbonyl (C=O) groups is 2. The predicted octanol–water partition coefficient (Wildman–Crippen LogP) is -0.363. The predicted molar refractivity (Wildman–Crippen MR) is 101 cm³/mol. The number of H-pyrrole nitrogens is 1. The van der Waals surface area contributed by atoms with Gasteiger partial charge in [0.25, 0.3) is 0 Å². The molecule has 0 bridgehead atoms. The van der Waals surface area contributed by atoms with Crippen molar-refractivity contribution < 1.29 is 19.1 Å². The van der Waals surface area contributed by atoms with Crippen molar-refractivity contribution in [3.63, 3.8) is 0 Å². The van der Waals surface area contributed by atoms with Crippen molar-refractivity contribution in [1.82, 2.24) is 25.1 Å². The summed E-state index contributed by atoms with van der Waals surface area (Å²) in [6.07, 6.45) is 4.32. The molecule has 2 fully saturated rings. The van der Waals surface area contributed by atoms with Crippen molar-refractivity contribution in [3.05, 3.63) is 17.7 Å². The van der Waals surface area contributed by atoms with Gasteiger partial charge in [0.1, 0.15) is 6.61 Å². The van der Waals surface area contributed by atoms with Crippen LogP contribution in [0.4, 0.5) is 0 Å². The SMILES string of the molecule is COCC(=O)N1CCc2[nH]cnc2C12CCN(C(=O)C[C@@H]1COCCN1)CC2. The van der Waals surface area contributed by atoms with Gasteiger partial charge in [-0.15, -0.1) is 0 Å². The molecule has 1 atom stereocenters. The van der Waals surface area contributed by atoms with Gasteiger partial charge in [-0.1, -0.05) is 0 Å². The second kappa shape index (κ2) is 8.18. The zero-order valence-electron chi connectivity index (χ0n) is 16.4. The molecule has 3 aliphatic heterocycles. The fourth-order valence-corrected chi connectivity index (χ4v) is 4.77. The number of ether oxygens (including phenoxy) is 2. The highest BCUT2D eigenvalue weighted by Crippen LogP contribution is 2.42. The van der Waals surface area contributed by atoms with E-state index in [1.165, 1.54) is 0 Å². The second-order valence-corrected chi connectivity index (χ2v) is 7.80. The number of amides is 2. The van der Waals surface area contributed by atoms with Crippen LogP contribution in [-0.2, 0) is 31.0 Å². The van der Waals surface area contributed by atoms with Crippen LogP contribution < -0.4 is 5.32 Å². The van der Waals surface area contributed by atoms with Gasteiger partial charge in [-0.3, -0.25) is 9.59 Å². The Labute approximate surface area is 164 Å². The topological polar surface area (TPSA) is 99.8 Å². The molecule has 2 N–H and O–H groups in total. The van der Waals surface area contributed by atoms with Crippen LogP contribution in [0.5, 0.6) is 0 Å². The van der Waals surface area contributed by atoms with Gasteiger partial charge in [-0.25, -0.2) is 4.98 Å². The van der Waals surface area contributed by atoms with Gasteiger partial charge in [0.05, 0.1) is 30.8 Å². The maximum absolute atomic E-state index is 12.8. The highest BCUT2D eigenvalue weighted by Gasteiger charge is 2.49. The van der Waals surface area contributed by atoms with Crippen LogP contribution in [0.1, 0.15) is 30.7 Å². The number of imidazole rings is 1. The quantitative estimate of drug-likeness (QED) is 0.727. The average Bonchev–Trinajstić information content (AvgIpc) is 3.20. The van der Waals surface area contributed by atoms with Crippen LogP contribution in [0, 0.1) is 0 Å². The first kappa shape index (κ1) is 19.4. The molecule has 9 heteroatoms. The summed E-state index contributed by atoms with van der Waals surface area (Å²) in [4.78, 5) is 37.1. The number of piperidine rings is 1. The van der Waals surface area contributed by atoms with Gasteiger partial charge in [0.15, 0.2) is 0 Å². The number of fused-ring (bicyclic) bond motifs is 2. The number of rotatable bonds is 4. The Morgan fingerprint density at radius 3 is 2.86 bits per heavy atom. The van der Waals surface area contributed by atoms with Crippen LogP contribution in [0.15, 0.2) is 6.33 Å². The molecule has 0 aromatic carbocycles. The summed E-state index contributed by atoms with van der Waals surface area (Å²) < 4.78 is 10.6. The first-order valence-corrected chi connectivity index (χ1v) is 10.0. The van der Waals surface area contributed by atoms with Crippen molar-refractivity contribution in [1.29, 1.82) is 0 Å². The van der Waals surface area contributed by atoms with E-state index in [9.17, 15) is 9.59 Å². The highest BCUT2D eigenvalue weighted by atomic mass is 16.5. The van der Waals surface area contributed by atoms with Crippen molar-refractivity contribution in [2.75, 3.05) is 53.1 Å². The molecule has 154 valence electrons. The van der Waals surface area contributed by atoms with Gasteiger partial charge in [0.2, 0.25) is 11.8 Å². The molecule has 4 rings (SSSR count). The third-order valence-electron chi connectivity index (χ3n) is 6.19. The Balaban J connectivity index is 1.47. The summed E-state index contributed by atoms with van der Waals surface area (Å²) in [6, 6.07) is 0.0875. The zero-order chi connectivity index (χ0) is 19.6. The third kappa shape index (κ3) is 3.54. The monoisotopic (exact) mass is 391 g/mol. The summed E-state index contributed by atoms with van der Waals surface area (Å²) in [6.45, 7) is 4.03. The number of likely N-dealkylation sites (tertiary alicyclic amines) is 1. The van der Waals surface area contributed by atoms with Gasteiger partial charge in [-0.2, -0.15) is 0 Å². The smallest absolute Gasteiger partial charge is 0.249 e. The van der Waals surface area contributed by atoms with E-state index in [4.69, 9.17) is 9.47 Å². The molecule has 28 heavy (non-hydrogen) atoms. The normalized spacial score (nSPS) is 24.2. The van der Waals surface area contributed by atoms with Crippen molar-refractivity contribution >= 4 is 11.8 Å². The maximum atomic E-state index is 12.8. The van der Waals surface area contributed by atoms with E-state index >= 15 is 0 Å². The number of hydrogen-bond acceptors (Lipinski definition) is 6. The molecule has 1 spiro atoms. The first-order chi connectivity index (χ1) is 13.6. The Morgan fingerprint density at radius 1 is 1.32 bits per heavy atom. The molecule has 0 radical (unpaired) electrons. The van der Waals surface area contributed by atoms with E-state index in [2.05, 4.69) is 15.3 Å². The summed E-state index contributed by atoms with van der Waals surface area (Å²) in [7, 11) is 1.54. The summed E-state index contributed by atoms with van der Waals surface area (Å²) in [5.74, 6) is 0.130. The summed E-state index contributed by atoms with van der Waals surface area (Å²) >= 11 is 0. The van der Waals surface area contributed by atoms with Crippen LogP contribution >= 0.6 is 0 Å². The Bertz CT molecular complexity index is 707. The molecule has 3 aliphatic rings. The van der Waals surface area contributed by atoms with Crippen LogP contribution in [0.25, 0.3) is 0 Å². The maximum Gasteiger partial charge on any atom is 0.249 e. The fraction of sp³-hybridized carbons (Fsp3) is 0.737. The van der Waals surface area contributed by atoms with Crippen LogP contribution in [0.2, 0.25) is 0 Å².